The van der Waals surface area contributed by atoms with E-state index in [1.54, 1.807) is 19.1 Å². The number of rotatable bonds is 6. The highest BCUT2D eigenvalue weighted by atomic mass is 16.5. The minimum atomic E-state index is -0.895. The van der Waals surface area contributed by atoms with Gasteiger partial charge in [0.05, 0.1) is 18.1 Å². The van der Waals surface area contributed by atoms with Crippen LogP contribution < -0.4 is 0 Å². The maximum Gasteiger partial charge on any atom is 0.338 e. The van der Waals surface area contributed by atoms with E-state index in [-0.39, 0.29) is 12.5 Å². The van der Waals surface area contributed by atoms with Crippen LogP contribution in [-0.4, -0.2) is 48.7 Å². The normalized spacial score (nSPS) is 18.2. The monoisotopic (exact) mass is 367 g/mol. The molecule has 0 bridgehead atoms. The number of likely N-dealkylation sites (tertiary alicyclic amines) is 1. The number of hydrogen-bond acceptors (Lipinski definition) is 4. The van der Waals surface area contributed by atoms with Crippen LogP contribution in [0.4, 0.5) is 0 Å². The lowest BCUT2D eigenvalue weighted by Gasteiger charge is -2.22. The van der Waals surface area contributed by atoms with Crippen molar-refractivity contribution in [3.05, 3.63) is 59.7 Å². The summed E-state index contributed by atoms with van der Waals surface area (Å²) in [5, 5.41) is 9.93. The lowest BCUT2D eigenvalue weighted by molar-refractivity contribution is -0.140. The van der Waals surface area contributed by atoms with Crippen LogP contribution in [0.15, 0.2) is 48.5 Å². The number of carbonyl (C=O) groups is 2. The van der Waals surface area contributed by atoms with Gasteiger partial charge in [-0.2, -0.15) is 0 Å². The highest BCUT2D eigenvalue weighted by Crippen LogP contribution is 2.35. The largest absolute Gasteiger partial charge is 0.481 e. The molecular weight excluding hydrogens is 342 g/mol. The third-order valence-corrected chi connectivity index (χ3v) is 5.16. The topological polar surface area (TPSA) is 66.8 Å². The lowest BCUT2D eigenvalue weighted by atomic mass is 9.82. The van der Waals surface area contributed by atoms with Crippen LogP contribution in [0.25, 0.3) is 11.1 Å². The van der Waals surface area contributed by atoms with Gasteiger partial charge in [0, 0.05) is 6.54 Å². The molecule has 2 aromatic carbocycles. The molecule has 0 radical (unpaired) electrons. The number of aliphatic carboxylic acids is 1. The van der Waals surface area contributed by atoms with Gasteiger partial charge < -0.3 is 14.7 Å². The van der Waals surface area contributed by atoms with E-state index in [9.17, 15) is 14.7 Å². The number of hydrogen-bond donors (Lipinski definition) is 1. The summed E-state index contributed by atoms with van der Waals surface area (Å²) in [6, 6.07) is 15.2. The first-order valence-electron chi connectivity index (χ1n) is 9.29. The van der Waals surface area contributed by atoms with E-state index in [2.05, 4.69) is 4.90 Å². The molecule has 1 saturated heterocycles. The Balaban J connectivity index is 2.07. The number of ether oxygens (including phenoxy) is 1. The van der Waals surface area contributed by atoms with Crippen molar-refractivity contribution in [1.29, 1.82) is 0 Å². The maximum absolute atomic E-state index is 12.6. The van der Waals surface area contributed by atoms with Gasteiger partial charge in [-0.15, -0.1) is 0 Å². The summed E-state index contributed by atoms with van der Waals surface area (Å²) in [5.41, 5.74) is 2.73. The molecule has 142 valence electrons. The summed E-state index contributed by atoms with van der Waals surface area (Å²) in [7, 11) is 1.99. The molecule has 3 rings (SSSR count). The van der Waals surface area contributed by atoms with Crippen LogP contribution >= 0.6 is 0 Å². The molecule has 0 amide bonds. The molecule has 1 N–H and O–H groups in total. The molecule has 2 atom stereocenters. The van der Waals surface area contributed by atoms with Gasteiger partial charge in [-0.3, -0.25) is 4.79 Å². The highest BCUT2D eigenvalue weighted by molar-refractivity contribution is 5.95. The van der Waals surface area contributed by atoms with Crippen LogP contribution in [0.3, 0.4) is 0 Å². The molecule has 1 aliphatic heterocycles. The standard InChI is InChI=1S/C22H25NO4/c1-3-27-22(26)19-13-16(15-7-5-4-6-8-15)9-10-18(19)20(21(24)25)17-11-12-23(2)14-17/h4-10,13,17,20H,3,11-12,14H2,1-2H3,(H,24,25). The van der Waals surface area contributed by atoms with Crippen LogP contribution in [0.5, 0.6) is 0 Å². The average molecular weight is 367 g/mol. The SMILES string of the molecule is CCOC(=O)c1cc(-c2ccccc2)ccc1C(C(=O)O)C1CCN(C)C1. The Labute approximate surface area is 159 Å². The Hall–Kier alpha value is -2.66. The molecule has 0 aliphatic carbocycles. The Morgan fingerprint density at radius 1 is 1.19 bits per heavy atom. The first-order chi connectivity index (χ1) is 13.0. The van der Waals surface area contributed by atoms with Crippen LogP contribution in [-0.2, 0) is 9.53 Å². The highest BCUT2D eigenvalue weighted by Gasteiger charge is 2.36. The maximum atomic E-state index is 12.6. The van der Waals surface area contributed by atoms with Gasteiger partial charge in [0.25, 0.3) is 0 Å². The summed E-state index contributed by atoms with van der Waals surface area (Å²) in [5.74, 6) is -2.11. The first kappa shape index (κ1) is 19.1. The molecular formula is C22H25NO4. The van der Waals surface area contributed by atoms with Crippen LogP contribution in [0.2, 0.25) is 0 Å². The number of benzene rings is 2. The summed E-state index contributed by atoms with van der Waals surface area (Å²) < 4.78 is 5.23. The second-order valence-corrected chi connectivity index (χ2v) is 7.02. The van der Waals surface area contributed by atoms with Gasteiger partial charge in [0.2, 0.25) is 0 Å². The predicted molar refractivity (Wildman–Crippen MR) is 104 cm³/mol. The van der Waals surface area contributed by atoms with Crippen molar-refractivity contribution < 1.29 is 19.4 Å². The minimum absolute atomic E-state index is 0.0248. The molecule has 5 heteroatoms. The van der Waals surface area contributed by atoms with Gasteiger partial charge in [-0.1, -0.05) is 42.5 Å². The molecule has 0 saturated carbocycles. The fourth-order valence-electron chi connectivity index (χ4n) is 3.85. The van der Waals surface area contributed by atoms with Crippen molar-refractivity contribution in [1.82, 2.24) is 4.90 Å². The van der Waals surface area contributed by atoms with Crippen LogP contribution in [0.1, 0.15) is 35.2 Å². The fourth-order valence-corrected chi connectivity index (χ4v) is 3.85. The van der Waals surface area contributed by atoms with Gasteiger partial charge in [0.15, 0.2) is 0 Å². The van der Waals surface area contributed by atoms with Crippen molar-refractivity contribution in [2.24, 2.45) is 5.92 Å². The number of carboxylic acid groups (broad SMARTS) is 1. The quantitative estimate of drug-likeness (QED) is 0.790. The molecule has 2 aromatic rings. The lowest BCUT2D eigenvalue weighted by Crippen LogP contribution is -2.26. The Kier molecular flexibility index (Phi) is 5.91. The first-order valence-corrected chi connectivity index (χ1v) is 9.29. The second-order valence-electron chi connectivity index (χ2n) is 7.02. The number of esters is 1. The molecule has 5 nitrogen and oxygen atoms in total. The average Bonchev–Trinajstić information content (AvgIpc) is 3.08. The summed E-state index contributed by atoms with van der Waals surface area (Å²) in [6.45, 7) is 3.57. The van der Waals surface area contributed by atoms with Crippen molar-refractivity contribution in [2.75, 3.05) is 26.7 Å². The van der Waals surface area contributed by atoms with Crippen molar-refractivity contribution >= 4 is 11.9 Å². The van der Waals surface area contributed by atoms with Gasteiger partial charge in [-0.05, 0) is 55.6 Å². The van der Waals surface area contributed by atoms with Crippen molar-refractivity contribution in [2.45, 2.75) is 19.3 Å². The minimum Gasteiger partial charge on any atom is -0.481 e. The van der Waals surface area contributed by atoms with Crippen molar-refractivity contribution in [3.63, 3.8) is 0 Å². The molecule has 0 spiro atoms. The van der Waals surface area contributed by atoms with Gasteiger partial charge in [-0.25, -0.2) is 4.79 Å². The van der Waals surface area contributed by atoms with E-state index in [1.807, 2.05) is 43.4 Å². The smallest absolute Gasteiger partial charge is 0.338 e. The Morgan fingerprint density at radius 3 is 2.52 bits per heavy atom. The molecule has 1 aliphatic rings. The van der Waals surface area contributed by atoms with E-state index in [0.29, 0.717) is 17.7 Å². The number of carboxylic acids is 1. The second kappa shape index (κ2) is 8.35. The summed E-state index contributed by atoms with van der Waals surface area (Å²) >= 11 is 0. The third kappa shape index (κ3) is 4.19. The molecule has 1 heterocycles. The van der Waals surface area contributed by atoms with E-state index >= 15 is 0 Å². The molecule has 1 fully saturated rings. The third-order valence-electron chi connectivity index (χ3n) is 5.16. The number of nitrogens with zero attached hydrogens (tertiary/aromatic N) is 1. The van der Waals surface area contributed by atoms with Gasteiger partial charge >= 0.3 is 11.9 Å². The molecule has 2 unspecified atom stereocenters. The number of carbonyl (C=O) groups excluding carboxylic acids is 1. The Bertz CT molecular complexity index is 818. The predicted octanol–water partition coefficient (Wildman–Crippen LogP) is 3.65. The zero-order chi connectivity index (χ0) is 19.4. The van der Waals surface area contributed by atoms with Gasteiger partial charge in [0.1, 0.15) is 0 Å². The molecule has 0 aromatic heterocycles. The zero-order valence-corrected chi connectivity index (χ0v) is 15.7. The fraction of sp³-hybridized carbons (Fsp3) is 0.364. The summed E-state index contributed by atoms with van der Waals surface area (Å²) in [4.78, 5) is 26.9. The van der Waals surface area contributed by atoms with E-state index in [0.717, 1.165) is 24.1 Å². The Morgan fingerprint density at radius 2 is 1.93 bits per heavy atom. The van der Waals surface area contributed by atoms with E-state index in [1.165, 1.54) is 0 Å². The van der Waals surface area contributed by atoms with E-state index < -0.39 is 17.9 Å². The molecule has 27 heavy (non-hydrogen) atoms. The zero-order valence-electron chi connectivity index (χ0n) is 15.7. The van der Waals surface area contributed by atoms with Crippen LogP contribution in [0, 0.1) is 5.92 Å². The van der Waals surface area contributed by atoms with Crippen molar-refractivity contribution in [3.8, 4) is 11.1 Å². The summed E-state index contributed by atoms with van der Waals surface area (Å²) in [6.07, 6.45) is 0.802. The van der Waals surface area contributed by atoms with E-state index in [4.69, 9.17) is 4.74 Å².